The number of methoxy groups -OCH3 is 4. The summed E-state index contributed by atoms with van der Waals surface area (Å²) in [5, 5.41) is 4.50. The molecule has 0 radical (unpaired) electrons. The van der Waals surface area contributed by atoms with Crippen LogP contribution in [0.4, 0.5) is 0 Å². The second-order valence-electron chi connectivity index (χ2n) is 12.5. The topological polar surface area (TPSA) is 161 Å². The highest BCUT2D eigenvalue weighted by molar-refractivity contribution is 6.31. The molecule has 0 aliphatic carbocycles. The van der Waals surface area contributed by atoms with Gasteiger partial charge in [0.2, 0.25) is 0 Å². The highest BCUT2D eigenvalue weighted by Gasteiger charge is 2.34. The fraction of sp³-hybridized carbons (Fsp3) is 0.432. The second kappa shape index (κ2) is 14.8. The van der Waals surface area contributed by atoms with Gasteiger partial charge < -0.3 is 34.2 Å². The van der Waals surface area contributed by atoms with E-state index in [1.165, 1.54) is 14.2 Å². The molecule has 0 spiro atoms. The van der Waals surface area contributed by atoms with Crippen LogP contribution in [-0.4, -0.2) is 80.1 Å². The van der Waals surface area contributed by atoms with E-state index in [9.17, 15) is 19.2 Å². The lowest BCUT2D eigenvalue weighted by molar-refractivity contribution is -0.141. The lowest BCUT2D eigenvalue weighted by Gasteiger charge is -2.21. The van der Waals surface area contributed by atoms with Gasteiger partial charge in [0.05, 0.1) is 43.3 Å². The SMILES string of the molecule is COC(=O)CCc1c2[nH]c(c1C)/C=C1\NC(=O)C(=C1C)C(OC)CCC(OC)C1=C(C)C(=NC1=O)/C=c1\[nH]/c(c(CCC(=O)OC)c1C)=C\2. The van der Waals surface area contributed by atoms with Gasteiger partial charge in [0, 0.05) is 54.8 Å². The Balaban J connectivity index is 1.79. The van der Waals surface area contributed by atoms with Crippen molar-refractivity contribution in [2.75, 3.05) is 28.4 Å². The van der Waals surface area contributed by atoms with E-state index in [2.05, 4.69) is 20.3 Å². The van der Waals surface area contributed by atoms with Gasteiger partial charge in [0.25, 0.3) is 11.8 Å². The molecular weight excluding hydrogens is 628 g/mol. The zero-order chi connectivity index (χ0) is 35.6. The summed E-state index contributed by atoms with van der Waals surface area (Å²) in [4.78, 5) is 62.6. The van der Waals surface area contributed by atoms with Gasteiger partial charge >= 0.3 is 11.9 Å². The molecule has 0 saturated heterocycles. The third kappa shape index (κ3) is 7.02. The molecule has 3 aliphatic rings. The molecule has 260 valence electrons. The highest BCUT2D eigenvalue weighted by Crippen LogP contribution is 2.32. The van der Waals surface area contributed by atoms with Crippen LogP contribution in [-0.2, 0) is 51.0 Å². The molecule has 8 bridgehead atoms. The zero-order valence-corrected chi connectivity index (χ0v) is 29.3. The maximum absolute atomic E-state index is 13.4. The van der Waals surface area contributed by atoms with E-state index in [1.807, 2.05) is 45.9 Å². The smallest absolute Gasteiger partial charge is 0.305 e. The van der Waals surface area contributed by atoms with Gasteiger partial charge in [-0.05, 0) is 105 Å². The van der Waals surface area contributed by atoms with Crippen LogP contribution in [0, 0.1) is 13.8 Å². The first-order valence-electron chi connectivity index (χ1n) is 16.3. The Hall–Kier alpha value is -4.81. The molecule has 2 aromatic heterocycles. The van der Waals surface area contributed by atoms with Crippen LogP contribution in [0.25, 0.3) is 18.2 Å². The normalized spacial score (nSPS) is 21.8. The largest absolute Gasteiger partial charge is 0.469 e. The summed E-state index contributed by atoms with van der Waals surface area (Å²) in [6, 6.07) is 0. The van der Waals surface area contributed by atoms with Gasteiger partial charge in [-0.1, -0.05) is 0 Å². The number of nitrogens with one attached hydrogen (secondary N) is 3. The number of H-pyrrole nitrogens is 2. The van der Waals surface area contributed by atoms with Crippen molar-refractivity contribution in [2.45, 2.75) is 78.4 Å². The molecule has 12 nitrogen and oxygen atoms in total. The first kappa shape index (κ1) is 35.5. The molecule has 2 atom stereocenters. The highest BCUT2D eigenvalue weighted by atomic mass is 16.5. The predicted molar refractivity (Wildman–Crippen MR) is 184 cm³/mol. The summed E-state index contributed by atoms with van der Waals surface area (Å²) < 4.78 is 21.5. The van der Waals surface area contributed by atoms with Crippen LogP contribution in [0.1, 0.15) is 73.2 Å². The standard InChI is InChI=1S/C37H44N4O8/c1-18-22(9-13-32(42)48-7)28-17-29-23(10-14-33(43)49-8)19(2)25(39-29)16-27-21(4)35(37(45)41-27)31(47-6)12-11-30(46-5)34-20(3)26(40-36(34)44)15-24(18)38-28/h15-17,30-31,38-39H,9-14H2,1-8H3,(H,40,44)/b25-16-,26-15-,29-17-. The van der Waals surface area contributed by atoms with Gasteiger partial charge in [0.1, 0.15) is 0 Å². The number of aromatic nitrogens is 2. The monoisotopic (exact) mass is 672 g/mol. The average Bonchev–Trinajstić information content (AvgIpc) is 3.73. The fourth-order valence-electron chi connectivity index (χ4n) is 6.89. The molecular formula is C37H44N4O8. The first-order chi connectivity index (χ1) is 23.4. The number of amides is 2. The Morgan fingerprint density at radius 3 is 1.96 bits per heavy atom. The maximum Gasteiger partial charge on any atom is 0.305 e. The van der Waals surface area contributed by atoms with Crippen molar-refractivity contribution in [2.24, 2.45) is 4.99 Å². The number of hydrogen-bond donors (Lipinski definition) is 3. The lowest BCUT2D eigenvalue weighted by Crippen LogP contribution is -2.27. The maximum atomic E-state index is 13.4. The molecule has 0 saturated carbocycles. The molecule has 0 fully saturated rings. The second-order valence-corrected chi connectivity index (χ2v) is 12.5. The summed E-state index contributed by atoms with van der Waals surface area (Å²) in [6.07, 6.45) is 6.59. The van der Waals surface area contributed by atoms with Crippen LogP contribution in [0.5, 0.6) is 0 Å². The number of esters is 2. The van der Waals surface area contributed by atoms with Crippen LogP contribution in [0.3, 0.4) is 0 Å². The summed E-state index contributed by atoms with van der Waals surface area (Å²) in [7, 11) is 5.85. The van der Waals surface area contributed by atoms with Crippen LogP contribution in [0.15, 0.2) is 33.0 Å². The third-order valence-corrected chi connectivity index (χ3v) is 9.82. The van der Waals surface area contributed by atoms with Crippen LogP contribution >= 0.6 is 0 Å². The molecule has 3 aliphatic heterocycles. The molecule has 2 aromatic rings. The molecule has 49 heavy (non-hydrogen) atoms. The minimum atomic E-state index is -0.561. The number of allylic oxidation sites excluding steroid dienone is 2. The van der Waals surface area contributed by atoms with E-state index < -0.39 is 12.2 Å². The number of hydrogen-bond acceptors (Lipinski definition) is 8. The number of carbonyl (C=O) groups excluding carboxylic acids is 4. The van der Waals surface area contributed by atoms with Crippen molar-refractivity contribution in [3.63, 3.8) is 0 Å². The van der Waals surface area contributed by atoms with Crippen molar-refractivity contribution in [1.82, 2.24) is 15.3 Å². The Kier molecular flexibility index (Phi) is 10.7. The average molecular weight is 673 g/mol. The summed E-state index contributed by atoms with van der Waals surface area (Å²) in [6.45, 7) is 7.66. The summed E-state index contributed by atoms with van der Waals surface area (Å²) >= 11 is 0. The van der Waals surface area contributed by atoms with Crippen molar-refractivity contribution in [3.8, 4) is 0 Å². The van der Waals surface area contributed by atoms with E-state index in [-0.39, 0.29) is 36.6 Å². The van der Waals surface area contributed by atoms with E-state index >= 15 is 0 Å². The van der Waals surface area contributed by atoms with Gasteiger partial charge in [-0.25, -0.2) is 4.99 Å². The zero-order valence-electron chi connectivity index (χ0n) is 29.3. The predicted octanol–water partition coefficient (Wildman–Crippen LogP) is 2.69. The van der Waals surface area contributed by atoms with Gasteiger partial charge in [0.15, 0.2) is 0 Å². The molecule has 0 aromatic carbocycles. The molecule has 2 unspecified atom stereocenters. The Morgan fingerprint density at radius 2 is 1.35 bits per heavy atom. The van der Waals surface area contributed by atoms with E-state index in [0.29, 0.717) is 53.8 Å². The number of fused-ring (bicyclic) bond motifs is 6. The van der Waals surface area contributed by atoms with E-state index in [1.54, 1.807) is 14.2 Å². The van der Waals surface area contributed by atoms with E-state index in [4.69, 9.17) is 18.9 Å². The van der Waals surface area contributed by atoms with E-state index in [0.717, 1.165) is 49.9 Å². The van der Waals surface area contributed by atoms with Crippen molar-refractivity contribution in [1.29, 1.82) is 0 Å². The Morgan fingerprint density at radius 1 is 0.735 bits per heavy atom. The van der Waals surface area contributed by atoms with Gasteiger partial charge in [-0.3, -0.25) is 19.2 Å². The van der Waals surface area contributed by atoms with Crippen molar-refractivity contribution >= 4 is 47.7 Å². The molecule has 5 rings (SSSR count). The minimum absolute atomic E-state index is 0.167. The number of nitrogens with zero attached hydrogens (tertiary/aromatic N) is 1. The summed E-state index contributed by atoms with van der Waals surface area (Å²) in [5.41, 5.74) is 8.73. The van der Waals surface area contributed by atoms with Gasteiger partial charge in [-0.15, -0.1) is 0 Å². The Bertz CT molecular complexity index is 1970. The van der Waals surface area contributed by atoms with Gasteiger partial charge in [-0.2, -0.15) is 0 Å². The molecule has 5 heterocycles. The quantitative estimate of drug-likeness (QED) is 0.361. The van der Waals surface area contributed by atoms with Crippen LogP contribution in [0.2, 0.25) is 0 Å². The minimum Gasteiger partial charge on any atom is -0.469 e. The number of aromatic amines is 2. The number of ether oxygens (including phenoxy) is 4. The molecule has 2 amide bonds. The first-order valence-corrected chi connectivity index (χ1v) is 16.3. The third-order valence-electron chi connectivity index (χ3n) is 9.82. The number of carbonyl (C=O) groups is 4. The summed E-state index contributed by atoms with van der Waals surface area (Å²) in [5.74, 6) is -1.29. The number of aliphatic imine (C=N–C) groups is 1. The fourth-order valence-corrected chi connectivity index (χ4v) is 6.89. The van der Waals surface area contributed by atoms with Crippen molar-refractivity contribution < 1.29 is 38.1 Å². The molecule has 12 heteroatoms. The Labute approximate surface area is 285 Å². The lowest BCUT2D eigenvalue weighted by atomic mass is 9.94. The molecule has 3 N–H and O–H groups in total. The number of rotatable bonds is 8. The van der Waals surface area contributed by atoms with Crippen LogP contribution < -0.4 is 16.0 Å². The van der Waals surface area contributed by atoms with Crippen molar-refractivity contribution in [3.05, 3.63) is 72.3 Å².